The maximum Gasteiger partial charge on any atom is 0.144 e. The van der Waals surface area contributed by atoms with Crippen molar-refractivity contribution in [1.82, 2.24) is 0 Å². The van der Waals surface area contributed by atoms with Gasteiger partial charge in [-0.05, 0) is 6.42 Å². The van der Waals surface area contributed by atoms with Gasteiger partial charge < -0.3 is 25.2 Å². The van der Waals surface area contributed by atoms with Crippen LogP contribution in [-0.2, 0) is 14.2 Å². The van der Waals surface area contributed by atoms with Crippen molar-refractivity contribution in [3.05, 3.63) is 0 Å². The Kier molecular flexibility index (Phi) is 8.75. The van der Waals surface area contributed by atoms with Crippen molar-refractivity contribution >= 4 is 5.84 Å². The Morgan fingerprint density at radius 3 is 2.18 bits per heavy atom. The molecule has 0 bridgehead atoms. The predicted molar refractivity (Wildman–Crippen MR) is 65.3 cm³/mol. The van der Waals surface area contributed by atoms with Crippen molar-refractivity contribution in [2.45, 2.75) is 20.3 Å². The fraction of sp³-hybridized carbons (Fsp3) is 0.909. The molecule has 0 aromatic heterocycles. The average molecular weight is 248 g/mol. The molecule has 0 aromatic carbocycles. The molecule has 102 valence electrons. The van der Waals surface area contributed by atoms with Crippen LogP contribution >= 0.6 is 0 Å². The van der Waals surface area contributed by atoms with Crippen LogP contribution in [0.15, 0.2) is 5.16 Å². The van der Waals surface area contributed by atoms with Gasteiger partial charge in [0.15, 0.2) is 0 Å². The van der Waals surface area contributed by atoms with Crippen LogP contribution < -0.4 is 5.73 Å². The van der Waals surface area contributed by atoms with E-state index in [1.54, 1.807) is 7.11 Å². The minimum absolute atomic E-state index is 0.220. The topological polar surface area (TPSA) is 86.3 Å². The van der Waals surface area contributed by atoms with Crippen LogP contribution in [0.25, 0.3) is 0 Å². The molecule has 0 aromatic rings. The van der Waals surface area contributed by atoms with Gasteiger partial charge in [0, 0.05) is 19.1 Å². The highest BCUT2D eigenvalue weighted by molar-refractivity contribution is 5.85. The lowest BCUT2D eigenvalue weighted by molar-refractivity contribution is 0.0210. The molecule has 0 atom stereocenters. The largest absolute Gasteiger partial charge is 0.409 e. The zero-order valence-corrected chi connectivity index (χ0v) is 10.9. The number of methoxy groups -OCH3 is 1. The molecule has 0 saturated carbocycles. The third-order valence-corrected chi connectivity index (χ3v) is 2.48. The number of hydrogen-bond donors (Lipinski definition) is 2. The van der Waals surface area contributed by atoms with E-state index in [1.807, 2.05) is 13.8 Å². The molecule has 6 nitrogen and oxygen atoms in total. The van der Waals surface area contributed by atoms with E-state index in [2.05, 4.69) is 5.16 Å². The van der Waals surface area contributed by atoms with Crippen molar-refractivity contribution in [1.29, 1.82) is 0 Å². The third kappa shape index (κ3) is 7.95. The Morgan fingerprint density at radius 2 is 1.65 bits per heavy atom. The van der Waals surface area contributed by atoms with Crippen LogP contribution in [0.5, 0.6) is 0 Å². The van der Waals surface area contributed by atoms with Gasteiger partial charge >= 0.3 is 0 Å². The number of nitrogens with zero attached hydrogens (tertiary/aromatic N) is 1. The first-order valence-electron chi connectivity index (χ1n) is 5.67. The minimum Gasteiger partial charge on any atom is -0.409 e. The predicted octanol–water partition coefficient (Wildman–Crippen LogP) is 0.829. The molecule has 0 aliphatic carbocycles. The number of ether oxygens (including phenoxy) is 3. The molecular formula is C11H24N2O4. The van der Waals surface area contributed by atoms with Crippen LogP contribution in [0.2, 0.25) is 0 Å². The SMILES string of the molecule is COCCOCCOCCC(C)(C)C(N)=NO. The lowest BCUT2D eigenvalue weighted by Gasteiger charge is -2.22. The quantitative estimate of drug-likeness (QED) is 0.197. The highest BCUT2D eigenvalue weighted by atomic mass is 16.5. The van der Waals surface area contributed by atoms with Crippen LogP contribution in [0.1, 0.15) is 20.3 Å². The average Bonchev–Trinajstić information content (AvgIpc) is 2.31. The summed E-state index contributed by atoms with van der Waals surface area (Å²) in [5.74, 6) is 0.220. The van der Waals surface area contributed by atoms with Crippen LogP contribution in [0, 0.1) is 5.41 Å². The normalized spacial score (nSPS) is 13.0. The molecule has 6 heteroatoms. The maximum atomic E-state index is 8.58. The molecule has 3 N–H and O–H groups in total. The summed E-state index contributed by atoms with van der Waals surface area (Å²) in [6.07, 6.45) is 0.695. The second-order valence-electron chi connectivity index (χ2n) is 4.34. The van der Waals surface area contributed by atoms with E-state index in [4.69, 9.17) is 25.2 Å². The smallest absolute Gasteiger partial charge is 0.144 e. The summed E-state index contributed by atoms with van der Waals surface area (Å²) in [5, 5.41) is 11.6. The van der Waals surface area contributed by atoms with Crippen LogP contribution in [0.3, 0.4) is 0 Å². The van der Waals surface area contributed by atoms with E-state index in [9.17, 15) is 0 Å². The highest BCUT2D eigenvalue weighted by Crippen LogP contribution is 2.19. The van der Waals surface area contributed by atoms with E-state index in [0.29, 0.717) is 39.5 Å². The molecule has 0 fully saturated rings. The summed E-state index contributed by atoms with van der Waals surface area (Å²) in [6.45, 7) is 6.62. The Bertz CT molecular complexity index is 220. The molecule has 0 radical (unpaired) electrons. The summed E-state index contributed by atoms with van der Waals surface area (Å²) in [5.41, 5.74) is 5.20. The number of rotatable bonds is 10. The highest BCUT2D eigenvalue weighted by Gasteiger charge is 2.22. The summed E-state index contributed by atoms with van der Waals surface area (Å²) >= 11 is 0. The molecule has 0 rings (SSSR count). The fourth-order valence-corrected chi connectivity index (χ4v) is 1.05. The van der Waals surface area contributed by atoms with Gasteiger partial charge in [-0.1, -0.05) is 19.0 Å². The standard InChI is InChI=1S/C11H24N2O4/c1-11(2,10(12)13-14)4-5-16-8-9-17-7-6-15-3/h14H,4-9H2,1-3H3,(H2,12,13). The van der Waals surface area contributed by atoms with Gasteiger partial charge in [0.05, 0.1) is 26.4 Å². The van der Waals surface area contributed by atoms with Crippen LogP contribution in [-0.4, -0.2) is 51.2 Å². The first kappa shape index (κ1) is 16.1. The maximum absolute atomic E-state index is 8.58. The molecule has 0 amide bonds. The monoisotopic (exact) mass is 248 g/mol. The Hall–Kier alpha value is -0.850. The van der Waals surface area contributed by atoms with Crippen molar-refractivity contribution in [3.63, 3.8) is 0 Å². The Balaban J connectivity index is 3.45. The summed E-state index contributed by atoms with van der Waals surface area (Å²) in [7, 11) is 1.63. The van der Waals surface area contributed by atoms with E-state index in [1.165, 1.54) is 0 Å². The molecule has 0 aliphatic heterocycles. The van der Waals surface area contributed by atoms with E-state index in [-0.39, 0.29) is 11.3 Å². The van der Waals surface area contributed by atoms with Gasteiger partial charge in [-0.15, -0.1) is 0 Å². The number of oxime groups is 1. The zero-order valence-electron chi connectivity index (χ0n) is 10.9. The summed E-state index contributed by atoms with van der Waals surface area (Å²) in [6, 6.07) is 0. The number of amidine groups is 1. The van der Waals surface area contributed by atoms with Crippen molar-refractivity contribution in [3.8, 4) is 0 Å². The fourth-order valence-electron chi connectivity index (χ4n) is 1.05. The molecule has 0 heterocycles. The lowest BCUT2D eigenvalue weighted by atomic mass is 9.88. The Morgan fingerprint density at radius 1 is 1.12 bits per heavy atom. The van der Waals surface area contributed by atoms with Gasteiger partial charge in [0.1, 0.15) is 5.84 Å². The zero-order chi connectivity index (χ0) is 13.1. The molecule has 0 spiro atoms. The van der Waals surface area contributed by atoms with E-state index < -0.39 is 0 Å². The van der Waals surface area contributed by atoms with Crippen molar-refractivity contribution in [2.24, 2.45) is 16.3 Å². The molecule has 17 heavy (non-hydrogen) atoms. The first-order valence-corrected chi connectivity index (χ1v) is 5.67. The number of nitrogens with two attached hydrogens (primary N) is 1. The first-order chi connectivity index (χ1) is 8.04. The second kappa shape index (κ2) is 9.21. The molecular weight excluding hydrogens is 224 g/mol. The molecule has 0 aliphatic rings. The third-order valence-electron chi connectivity index (χ3n) is 2.48. The van der Waals surface area contributed by atoms with Gasteiger partial charge in [0.2, 0.25) is 0 Å². The lowest BCUT2D eigenvalue weighted by Crippen LogP contribution is -2.33. The van der Waals surface area contributed by atoms with Gasteiger partial charge in [0.25, 0.3) is 0 Å². The molecule has 0 saturated heterocycles. The minimum atomic E-state index is -0.355. The second-order valence-corrected chi connectivity index (χ2v) is 4.34. The van der Waals surface area contributed by atoms with Gasteiger partial charge in [-0.2, -0.15) is 0 Å². The van der Waals surface area contributed by atoms with Crippen LogP contribution in [0.4, 0.5) is 0 Å². The number of hydrogen-bond acceptors (Lipinski definition) is 5. The van der Waals surface area contributed by atoms with E-state index >= 15 is 0 Å². The molecule has 0 unspecified atom stereocenters. The Labute approximate surface area is 103 Å². The van der Waals surface area contributed by atoms with E-state index in [0.717, 1.165) is 0 Å². The van der Waals surface area contributed by atoms with Gasteiger partial charge in [-0.3, -0.25) is 0 Å². The summed E-state index contributed by atoms with van der Waals surface area (Å²) in [4.78, 5) is 0. The van der Waals surface area contributed by atoms with Crippen molar-refractivity contribution < 1.29 is 19.4 Å². The van der Waals surface area contributed by atoms with Crippen molar-refractivity contribution in [2.75, 3.05) is 40.1 Å². The van der Waals surface area contributed by atoms with Gasteiger partial charge in [-0.25, -0.2) is 0 Å². The summed E-state index contributed by atoms with van der Waals surface area (Å²) < 4.78 is 15.5.